The Bertz CT molecular complexity index is 938. The van der Waals surface area contributed by atoms with E-state index in [0.29, 0.717) is 22.2 Å². The van der Waals surface area contributed by atoms with Crippen molar-refractivity contribution in [2.45, 2.75) is 26.4 Å². The highest BCUT2D eigenvalue weighted by molar-refractivity contribution is 6.30. The van der Waals surface area contributed by atoms with Crippen LogP contribution in [-0.4, -0.2) is 23.2 Å². The largest absolute Gasteiger partial charge is 0.496 e. The molecule has 0 aliphatic heterocycles. The molecule has 1 aromatic heterocycles. The van der Waals surface area contributed by atoms with Gasteiger partial charge in [0.1, 0.15) is 5.75 Å². The second-order valence-electron chi connectivity index (χ2n) is 6.59. The van der Waals surface area contributed by atoms with Gasteiger partial charge in [-0.25, -0.2) is 0 Å². The number of carbonyl (C=O) groups excluding carboxylic acids is 1. The van der Waals surface area contributed by atoms with Crippen molar-refractivity contribution < 1.29 is 18.8 Å². The summed E-state index contributed by atoms with van der Waals surface area (Å²) in [5, 5.41) is 4.57. The van der Waals surface area contributed by atoms with Gasteiger partial charge < -0.3 is 14.0 Å². The molecule has 6 nitrogen and oxygen atoms in total. The molecule has 1 atom stereocenters. The number of halogens is 1. The molecule has 0 N–H and O–H groups in total. The number of methoxy groups -OCH3 is 1. The third-order valence-electron chi connectivity index (χ3n) is 4.30. The lowest BCUT2D eigenvalue weighted by atomic mass is 9.88. The molecule has 7 heteroatoms. The fourth-order valence-corrected chi connectivity index (χ4v) is 3.06. The van der Waals surface area contributed by atoms with Crippen molar-refractivity contribution in [2.75, 3.05) is 7.11 Å². The predicted molar refractivity (Wildman–Crippen MR) is 105 cm³/mol. The molecule has 0 radical (unpaired) electrons. The molecular formula is C21H21ClN2O4. The number of hydrogen-bond donors (Lipinski definition) is 0. The smallest absolute Gasteiger partial charge is 0.314 e. The Kier molecular flexibility index (Phi) is 6.31. The summed E-state index contributed by atoms with van der Waals surface area (Å²) in [7, 11) is 1.57. The molecule has 0 aliphatic carbocycles. The first-order chi connectivity index (χ1) is 13.5. The van der Waals surface area contributed by atoms with E-state index in [-0.39, 0.29) is 24.4 Å². The molecule has 28 heavy (non-hydrogen) atoms. The van der Waals surface area contributed by atoms with Crippen LogP contribution in [0.5, 0.6) is 5.75 Å². The van der Waals surface area contributed by atoms with Gasteiger partial charge in [0, 0.05) is 5.02 Å². The van der Waals surface area contributed by atoms with Crippen LogP contribution in [0.4, 0.5) is 0 Å². The molecule has 0 aliphatic rings. The van der Waals surface area contributed by atoms with Crippen LogP contribution in [0.15, 0.2) is 53.1 Å². The molecule has 1 heterocycles. The number of nitrogens with zero attached hydrogens (tertiary/aromatic N) is 2. The van der Waals surface area contributed by atoms with Gasteiger partial charge in [-0.15, -0.1) is 0 Å². The fraction of sp³-hybridized carbons (Fsp3) is 0.286. The third kappa shape index (κ3) is 4.51. The van der Waals surface area contributed by atoms with E-state index in [9.17, 15) is 4.79 Å². The van der Waals surface area contributed by atoms with Crippen LogP contribution in [0.3, 0.4) is 0 Å². The van der Waals surface area contributed by atoms with Crippen LogP contribution in [0.2, 0.25) is 5.02 Å². The van der Waals surface area contributed by atoms with E-state index in [1.807, 2.05) is 50.2 Å². The van der Waals surface area contributed by atoms with Crippen LogP contribution in [-0.2, 0) is 16.1 Å². The minimum Gasteiger partial charge on any atom is -0.496 e. The molecule has 0 bridgehead atoms. The van der Waals surface area contributed by atoms with E-state index < -0.39 is 5.92 Å². The first kappa shape index (κ1) is 19.9. The Morgan fingerprint density at radius 3 is 2.54 bits per heavy atom. The second-order valence-corrected chi connectivity index (χ2v) is 7.03. The van der Waals surface area contributed by atoms with Crippen LogP contribution in [0.25, 0.3) is 11.4 Å². The molecule has 3 aromatic rings. The van der Waals surface area contributed by atoms with Crippen molar-refractivity contribution in [3.63, 3.8) is 0 Å². The number of benzene rings is 2. The number of aromatic nitrogens is 2. The lowest BCUT2D eigenvalue weighted by molar-refractivity contribution is -0.148. The molecule has 2 aromatic carbocycles. The summed E-state index contributed by atoms with van der Waals surface area (Å²) in [4.78, 5) is 17.0. The van der Waals surface area contributed by atoms with Gasteiger partial charge in [0.05, 0.1) is 18.6 Å². The first-order valence-corrected chi connectivity index (χ1v) is 9.25. The van der Waals surface area contributed by atoms with Gasteiger partial charge in [0.15, 0.2) is 6.61 Å². The summed E-state index contributed by atoms with van der Waals surface area (Å²) in [5.74, 6) is 0.521. The number of rotatable bonds is 7. The van der Waals surface area contributed by atoms with Crippen LogP contribution < -0.4 is 4.74 Å². The molecule has 0 saturated carbocycles. The van der Waals surface area contributed by atoms with Gasteiger partial charge in [0.2, 0.25) is 5.82 Å². The third-order valence-corrected chi connectivity index (χ3v) is 4.56. The lowest BCUT2D eigenvalue weighted by Crippen LogP contribution is -2.20. The molecule has 146 valence electrons. The first-order valence-electron chi connectivity index (χ1n) is 8.87. The zero-order valence-electron chi connectivity index (χ0n) is 15.9. The van der Waals surface area contributed by atoms with Gasteiger partial charge in [0.25, 0.3) is 5.89 Å². The Hall–Kier alpha value is -2.86. The highest BCUT2D eigenvalue weighted by Gasteiger charge is 2.26. The zero-order chi connectivity index (χ0) is 20.1. The van der Waals surface area contributed by atoms with Crippen LogP contribution in [0, 0.1) is 5.92 Å². The Balaban J connectivity index is 1.70. The molecule has 0 saturated heterocycles. The van der Waals surface area contributed by atoms with E-state index in [0.717, 1.165) is 5.56 Å². The molecule has 0 spiro atoms. The predicted octanol–water partition coefficient (Wildman–Crippen LogP) is 4.88. The van der Waals surface area contributed by atoms with Gasteiger partial charge in [-0.3, -0.25) is 4.79 Å². The number of esters is 1. The van der Waals surface area contributed by atoms with E-state index in [4.69, 9.17) is 25.6 Å². The van der Waals surface area contributed by atoms with Crippen molar-refractivity contribution >= 4 is 17.6 Å². The summed E-state index contributed by atoms with van der Waals surface area (Å²) in [6.07, 6.45) is 0. The summed E-state index contributed by atoms with van der Waals surface area (Å²) in [6.45, 7) is 3.83. The summed E-state index contributed by atoms with van der Waals surface area (Å²) in [6, 6.07) is 14.5. The van der Waals surface area contributed by atoms with E-state index >= 15 is 0 Å². The van der Waals surface area contributed by atoms with Crippen molar-refractivity contribution in [3.05, 3.63) is 65.0 Å². The molecule has 0 amide bonds. The molecular weight excluding hydrogens is 380 g/mol. The number of carbonyl (C=O) groups is 1. The quantitative estimate of drug-likeness (QED) is 0.526. The summed E-state index contributed by atoms with van der Waals surface area (Å²) in [5.41, 5.74) is 1.55. The Labute approximate surface area is 168 Å². The average molecular weight is 401 g/mol. The maximum Gasteiger partial charge on any atom is 0.314 e. The van der Waals surface area contributed by atoms with Gasteiger partial charge in [-0.05, 0) is 35.7 Å². The van der Waals surface area contributed by atoms with Crippen molar-refractivity contribution in [1.29, 1.82) is 0 Å². The topological polar surface area (TPSA) is 74.5 Å². The minimum atomic E-state index is -0.408. The summed E-state index contributed by atoms with van der Waals surface area (Å²) < 4.78 is 16.0. The van der Waals surface area contributed by atoms with Crippen LogP contribution in [0.1, 0.15) is 31.2 Å². The maximum atomic E-state index is 12.7. The second kappa shape index (κ2) is 8.89. The van der Waals surface area contributed by atoms with E-state index in [1.54, 1.807) is 19.2 Å². The molecule has 0 unspecified atom stereocenters. The fourth-order valence-electron chi connectivity index (χ4n) is 2.94. The average Bonchev–Trinajstić information content (AvgIpc) is 3.16. The highest BCUT2D eigenvalue weighted by atomic mass is 35.5. The number of para-hydroxylation sites is 1. The molecule has 3 rings (SSSR count). The Morgan fingerprint density at radius 1 is 1.14 bits per heavy atom. The SMILES string of the molecule is COc1ccccc1-c1noc(COC(=O)[C@@H](c2ccc(Cl)cc2)C(C)C)n1. The minimum absolute atomic E-state index is 0.0560. The van der Waals surface area contributed by atoms with Crippen molar-refractivity contribution in [3.8, 4) is 17.1 Å². The normalized spacial score (nSPS) is 12.0. The Morgan fingerprint density at radius 2 is 1.86 bits per heavy atom. The monoisotopic (exact) mass is 400 g/mol. The maximum absolute atomic E-state index is 12.7. The highest BCUT2D eigenvalue weighted by Crippen LogP contribution is 2.29. The van der Waals surface area contributed by atoms with Crippen molar-refractivity contribution in [1.82, 2.24) is 10.1 Å². The lowest BCUT2D eigenvalue weighted by Gasteiger charge is -2.19. The standard InChI is InChI=1S/C21H21ClN2O4/c1-13(2)19(14-8-10-15(22)11-9-14)21(25)27-12-18-23-20(24-28-18)16-6-4-5-7-17(16)26-3/h4-11,13,19H,12H2,1-3H3/t19-/m1/s1. The number of ether oxygens (including phenoxy) is 2. The zero-order valence-corrected chi connectivity index (χ0v) is 16.6. The number of hydrogen-bond acceptors (Lipinski definition) is 6. The van der Waals surface area contributed by atoms with E-state index in [1.165, 1.54) is 0 Å². The van der Waals surface area contributed by atoms with Gasteiger partial charge in [-0.1, -0.05) is 54.9 Å². The van der Waals surface area contributed by atoms with Crippen LogP contribution >= 0.6 is 11.6 Å². The van der Waals surface area contributed by atoms with Crippen molar-refractivity contribution in [2.24, 2.45) is 5.92 Å². The van der Waals surface area contributed by atoms with Gasteiger partial charge >= 0.3 is 5.97 Å². The molecule has 0 fully saturated rings. The summed E-state index contributed by atoms with van der Waals surface area (Å²) >= 11 is 5.94. The van der Waals surface area contributed by atoms with E-state index in [2.05, 4.69) is 10.1 Å². The van der Waals surface area contributed by atoms with Gasteiger partial charge in [-0.2, -0.15) is 4.98 Å².